The molecule has 0 saturated carbocycles. The van der Waals surface area contributed by atoms with Gasteiger partial charge in [-0.15, -0.1) is 0 Å². The number of hydrogen-bond acceptors (Lipinski definition) is 3. The van der Waals surface area contributed by atoms with E-state index >= 15 is 0 Å². The summed E-state index contributed by atoms with van der Waals surface area (Å²) in [7, 11) is 0. The fourth-order valence-electron chi connectivity index (χ4n) is 1.50. The monoisotopic (exact) mass is 231 g/mol. The van der Waals surface area contributed by atoms with Crippen LogP contribution in [0.25, 0.3) is 0 Å². The number of hydrogen-bond donors (Lipinski definition) is 1. The van der Waals surface area contributed by atoms with Crippen molar-refractivity contribution in [1.82, 2.24) is 5.32 Å². The fraction of sp³-hybridized carbons (Fsp3) is 0.385. The lowest BCUT2D eigenvalue weighted by Gasteiger charge is -2.13. The van der Waals surface area contributed by atoms with Gasteiger partial charge in [0.05, 0.1) is 18.1 Å². The van der Waals surface area contributed by atoms with Gasteiger partial charge in [-0.25, -0.2) is 4.39 Å². The molecule has 1 unspecified atom stereocenters. The molecule has 0 radical (unpaired) electrons. The fourth-order valence-corrected chi connectivity index (χ4v) is 1.50. The lowest BCUT2D eigenvalue weighted by Crippen LogP contribution is -2.27. The molecule has 0 spiro atoms. The highest BCUT2D eigenvalue weighted by Crippen LogP contribution is 2.10. The Morgan fingerprint density at radius 3 is 2.76 bits per heavy atom. The Bertz CT molecular complexity index is 457. The van der Waals surface area contributed by atoms with E-state index in [0.29, 0.717) is 13.0 Å². The summed E-state index contributed by atoms with van der Waals surface area (Å²) in [6, 6.07) is 8.52. The van der Waals surface area contributed by atoms with E-state index in [1.807, 2.05) is 13.0 Å². The maximum atomic E-state index is 13.1. The lowest BCUT2D eigenvalue weighted by molar-refractivity contribution is 0.504. The third-order valence-corrected chi connectivity index (χ3v) is 2.58. The highest BCUT2D eigenvalue weighted by atomic mass is 19.1. The van der Waals surface area contributed by atoms with Gasteiger partial charge in [0, 0.05) is 12.6 Å². The minimum Gasteiger partial charge on any atom is -0.309 e. The molecule has 0 heterocycles. The van der Waals surface area contributed by atoms with Crippen molar-refractivity contribution < 1.29 is 4.39 Å². The number of nitriles is 2. The number of benzene rings is 1. The molecule has 1 rings (SSSR count). The molecule has 0 amide bonds. The molecule has 1 N–H and O–H groups in total. The van der Waals surface area contributed by atoms with Crippen molar-refractivity contribution in [3.63, 3.8) is 0 Å². The zero-order valence-electron chi connectivity index (χ0n) is 9.70. The number of nitrogens with zero attached hydrogens (tertiary/aromatic N) is 2. The second kappa shape index (κ2) is 6.62. The third kappa shape index (κ3) is 3.86. The van der Waals surface area contributed by atoms with E-state index in [9.17, 15) is 4.39 Å². The van der Waals surface area contributed by atoms with Crippen molar-refractivity contribution in [2.75, 3.05) is 0 Å². The Hall–Kier alpha value is -1.91. The molecule has 88 valence electrons. The van der Waals surface area contributed by atoms with E-state index in [4.69, 9.17) is 10.5 Å². The summed E-state index contributed by atoms with van der Waals surface area (Å²) in [4.78, 5) is 0. The van der Waals surface area contributed by atoms with Crippen molar-refractivity contribution >= 4 is 0 Å². The third-order valence-electron chi connectivity index (χ3n) is 2.58. The van der Waals surface area contributed by atoms with E-state index in [-0.39, 0.29) is 11.6 Å². The predicted molar refractivity (Wildman–Crippen MR) is 62.3 cm³/mol. The lowest BCUT2D eigenvalue weighted by atomic mass is 10.1. The molecule has 0 bridgehead atoms. The molecule has 0 aliphatic rings. The van der Waals surface area contributed by atoms with Crippen molar-refractivity contribution in [2.24, 2.45) is 0 Å². The number of rotatable bonds is 5. The molecule has 1 atom stereocenters. The van der Waals surface area contributed by atoms with E-state index in [2.05, 4.69) is 11.4 Å². The van der Waals surface area contributed by atoms with Gasteiger partial charge in [0.15, 0.2) is 0 Å². The van der Waals surface area contributed by atoms with E-state index in [0.717, 1.165) is 12.0 Å². The topological polar surface area (TPSA) is 59.6 Å². The molecule has 3 nitrogen and oxygen atoms in total. The van der Waals surface area contributed by atoms with Crippen LogP contribution in [0, 0.1) is 28.5 Å². The minimum atomic E-state index is -0.500. The average Bonchev–Trinajstić information content (AvgIpc) is 2.36. The molecule has 1 aromatic carbocycles. The van der Waals surface area contributed by atoms with Crippen LogP contribution in [-0.2, 0) is 6.54 Å². The first-order valence-corrected chi connectivity index (χ1v) is 5.50. The van der Waals surface area contributed by atoms with Crippen LogP contribution >= 0.6 is 0 Å². The quantitative estimate of drug-likeness (QED) is 0.846. The van der Waals surface area contributed by atoms with E-state index in [1.165, 1.54) is 12.1 Å². The molecule has 0 aliphatic carbocycles. The molecule has 4 heteroatoms. The molecular weight excluding hydrogens is 217 g/mol. The highest BCUT2D eigenvalue weighted by molar-refractivity contribution is 5.34. The van der Waals surface area contributed by atoms with Crippen molar-refractivity contribution in [2.45, 2.75) is 32.4 Å². The summed E-state index contributed by atoms with van der Waals surface area (Å²) in [6.45, 7) is 2.54. The standard InChI is InChI=1S/C13H14FN3/c1-2-12(5-6-15)17-9-10-3-4-13(14)11(7-10)8-16/h3-4,7,12,17H,2,5,9H2,1H3. The largest absolute Gasteiger partial charge is 0.309 e. The maximum absolute atomic E-state index is 13.1. The van der Waals surface area contributed by atoms with Crippen LogP contribution in [0.4, 0.5) is 4.39 Å². The highest BCUT2D eigenvalue weighted by Gasteiger charge is 2.06. The first-order chi connectivity index (χ1) is 8.21. The van der Waals surface area contributed by atoms with Crippen molar-refractivity contribution in [3.05, 3.63) is 35.1 Å². The smallest absolute Gasteiger partial charge is 0.140 e. The molecule has 17 heavy (non-hydrogen) atoms. The zero-order chi connectivity index (χ0) is 12.7. The van der Waals surface area contributed by atoms with Crippen molar-refractivity contribution in [1.29, 1.82) is 10.5 Å². The van der Waals surface area contributed by atoms with Gasteiger partial charge < -0.3 is 5.32 Å². The van der Waals surface area contributed by atoms with Crippen LogP contribution in [0.1, 0.15) is 30.9 Å². The van der Waals surface area contributed by atoms with E-state index < -0.39 is 5.82 Å². The second-order valence-electron chi connectivity index (χ2n) is 3.77. The number of halogens is 1. The molecule has 0 aliphatic heterocycles. The SMILES string of the molecule is CCC(CC#N)NCc1ccc(F)c(C#N)c1. The normalized spacial score (nSPS) is 11.5. The van der Waals surface area contributed by atoms with Crippen LogP contribution < -0.4 is 5.32 Å². The molecule has 0 aromatic heterocycles. The van der Waals surface area contributed by atoms with Crippen LogP contribution in [0.3, 0.4) is 0 Å². The van der Waals surface area contributed by atoms with Crippen LogP contribution in [0.2, 0.25) is 0 Å². The van der Waals surface area contributed by atoms with Crippen LogP contribution in [-0.4, -0.2) is 6.04 Å². The van der Waals surface area contributed by atoms with Crippen LogP contribution in [0.15, 0.2) is 18.2 Å². The van der Waals surface area contributed by atoms with Gasteiger partial charge in [-0.3, -0.25) is 0 Å². The summed E-state index contributed by atoms with van der Waals surface area (Å²) in [5, 5.41) is 20.5. The number of nitrogens with one attached hydrogen (secondary N) is 1. The molecule has 1 aromatic rings. The predicted octanol–water partition coefficient (Wildman–Crippen LogP) is 2.48. The van der Waals surface area contributed by atoms with Gasteiger partial charge in [-0.1, -0.05) is 13.0 Å². The summed E-state index contributed by atoms with van der Waals surface area (Å²) in [6.07, 6.45) is 1.31. The van der Waals surface area contributed by atoms with Gasteiger partial charge in [0.1, 0.15) is 11.9 Å². The van der Waals surface area contributed by atoms with Gasteiger partial charge >= 0.3 is 0 Å². The van der Waals surface area contributed by atoms with Gasteiger partial charge in [-0.05, 0) is 24.1 Å². The maximum Gasteiger partial charge on any atom is 0.140 e. The van der Waals surface area contributed by atoms with Gasteiger partial charge in [-0.2, -0.15) is 10.5 Å². The Labute approximate surface area is 100 Å². The van der Waals surface area contributed by atoms with Crippen molar-refractivity contribution in [3.8, 4) is 12.1 Å². The van der Waals surface area contributed by atoms with Crippen LogP contribution in [0.5, 0.6) is 0 Å². The van der Waals surface area contributed by atoms with Gasteiger partial charge in [0.25, 0.3) is 0 Å². The Morgan fingerprint density at radius 2 is 2.18 bits per heavy atom. The molecular formula is C13H14FN3. The first-order valence-electron chi connectivity index (χ1n) is 5.50. The first kappa shape index (κ1) is 13.2. The summed E-state index contributed by atoms with van der Waals surface area (Å²) in [5.74, 6) is -0.500. The summed E-state index contributed by atoms with van der Waals surface area (Å²) >= 11 is 0. The minimum absolute atomic E-state index is 0.0534. The Kier molecular flexibility index (Phi) is 5.13. The molecule has 0 fully saturated rings. The second-order valence-corrected chi connectivity index (χ2v) is 3.77. The average molecular weight is 231 g/mol. The summed E-state index contributed by atoms with van der Waals surface area (Å²) < 4.78 is 13.1. The Balaban J connectivity index is 2.64. The summed E-state index contributed by atoms with van der Waals surface area (Å²) in [5.41, 5.74) is 0.900. The van der Waals surface area contributed by atoms with Gasteiger partial charge in [0.2, 0.25) is 0 Å². The Morgan fingerprint density at radius 1 is 1.41 bits per heavy atom. The van der Waals surface area contributed by atoms with E-state index in [1.54, 1.807) is 6.07 Å². The zero-order valence-corrected chi connectivity index (χ0v) is 9.70. The molecule has 0 saturated heterocycles.